The Kier molecular flexibility index (Phi) is 4.22. The number of rotatable bonds is 3. The largest absolute Gasteiger partial charge is 0.395 e. The molecule has 3 aliphatic rings. The van der Waals surface area contributed by atoms with Crippen molar-refractivity contribution in [2.45, 2.75) is 37.2 Å². The Morgan fingerprint density at radius 2 is 2.08 bits per heavy atom. The topological polar surface area (TPSA) is 53.0 Å². The van der Waals surface area contributed by atoms with E-state index in [0.717, 1.165) is 51.9 Å². The molecule has 0 radical (unpaired) electrons. The third-order valence-electron chi connectivity index (χ3n) is 5.92. The van der Waals surface area contributed by atoms with Crippen LogP contribution >= 0.6 is 0 Å². The molecule has 5 heteroatoms. The number of hydrogen-bond acceptors (Lipinski definition) is 4. The van der Waals surface area contributed by atoms with Gasteiger partial charge in [-0.05, 0) is 37.3 Å². The smallest absolute Gasteiger partial charge is 0.251 e. The normalized spacial score (nSPS) is 25.3. The highest BCUT2D eigenvalue weighted by molar-refractivity contribution is 5.81. The van der Waals surface area contributed by atoms with Crippen molar-refractivity contribution in [3.8, 4) is 0 Å². The average molecular weight is 330 g/mol. The summed E-state index contributed by atoms with van der Waals surface area (Å²) in [6, 6.07) is 8.55. The minimum absolute atomic E-state index is 0.124. The van der Waals surface area contributed by atoms with Crippen LogP contribution in [0, 0.1) is 0 Å². The van der Waals surface area contributed by atoms with Crippen LogP contribution in [0.3, 0.4) is 0 Å². The van der Waals surface area contributed by atoms with Gasteiger partial charge >= 0.3 is 0 Å². The van der Waals surface area contributed by atoms with Crippen molar-refractivity contribution in [3.05, 3.63) is 29.8 Å². The summed E-state index contributed by atoms with van der Waals surface area (Å²) in [4.78, 5) is 16.9. The van der Waals surface area contributed by atoms with Crippen LogP contribution in [0.25, 0.3) is 0 Å². The van der Waals surface area contributed by atoms with Crippen molar-refractivity contribution in [1.29, 1.82) is 0 Å². The van der Waals surface area contributed by atoms with E-state index in [1.165, 1.54) is 11.3 Å². The maximum absolute atomic E-state index is 12.6. The third kappa shape index (κ3) is 2.60. The molecule has 130 valence electrons. The first-order valence-corrected chi connectivity index (χ1v) is 9.09. The summed E-state index contributed by atoms with van der Waals surface area (Å²) in [6.07, 6.45) is 3.64. The predicted octanol–water partition coefficient (Wildman–Crippen LogP) is 1.54. The van der Waals surface area contributed by atoms with Gasteiger partial charge in [0.2, 0.25) is 0 Å². The van der Waals surface area contributed by atoms with Crippen molar-refractivity contribution in [3.63, 3.8) is 0 Å². The lowest BCUT2D eigenvalue weighted by molar-refractivity contribution is -0.142. The molecule has 1 spiro atoms. The predicted molar refractivity (Wildman–Crippen MR) is 92.2 cm³/mol. The quantitative estimate of drug-likeness (QED) is 0.913. The fraction of sp³-hybridized carbons (Fsp3) is 0.632. The standard InChI is InChI=1S/C19H26N2O3/c22-12-11-21-14-19(15-4-1-2-5-16(15)21)7-9-20(10-8-19)18(23)17-6-3-13-24-17/h1-2,4-5,17,22H,3,6-14H2/t17-/m0/s1. The Morgan fingerprint density at radius 3 is 2.79 bits per heavy atom. The number of aliphatic hydroxyl groups excluding tert-OH is 1. The Morgan fingerprint density at radius 1 is 1.29 bits per heavy atom. The number of carbonyl (C=O) groups excluding carboxylic acids is 1. The molecule has 2 fully saturated rings. The van der Waals surface area contributed by atoms with Crippen LogP contribution in [0.5, 0.6) is 0 Å². The zero-order valence-corrected chi connectivity index (χ0v) is 14.1. The second-order valence-corrected chi connectivity index (χ2v) is 7.27. The number of amides is 1. The monoisotopic (exact) mass is 330 g/mol. The molecule has 0 aromatic heterocycles. The minimum Gasteiger partial charge on any atom is -0.395 e. The molecule has 0 saturated carbocycles. The van der Waals surface area contributed by atoms with Gasteiger partial charge in [-0.3, -0.25) is 4.79 Å². The van der Waals surface area contributed by atoms with Crippen molar-refractivity contribution in [2.24, 2.45) is 0 Å². The summed E-state index contributed by atoms with van der Waals surface area (Å²) in [5.41, 5.74) is 2.77. The van der Waals surface area contributed by atoms with Crippen molar-refractivity contribution in [2.75, 3.05) is 44.3 Å². The van der Waals surface area contributed by atoms with E-state index in [2.05, 4.69) is 29.2 Å². The fourth-order valence-electron chi connectivity index (χ4n) is 4.61. The number of nitrogens with zero attached hydrogens (tertiary/aromatic N) is 2. The molecule has 1 atom stereocenters. The molecule has 24 heavy (non-hydrogen) atoms. The second-order valence-electron chi connectivity index (χ2n) is 7.27. The molecule has 0 bridgehead atoms. The molecule has 1 N–H and O–H groups in total. The molecule has 0 unspecified atom stereocenters. The van der Waals surface area contributed by atoms with Crippen LogP contribution in [0.15, 0.2) is 24.3 Å². The summed E-state index contributed by atoms with van der Waals surface area (Å²) in [7, 11) is 0. The van der Waals surface area contributed by atoms with E-state index in [4.69, 9.17) is 4.74 Å². The Labute approximate surface area is 143 Å². The molecule has 3 heterocycles. The van der Waals surface area contributed by atoms with Crippen LogP contribution in [0.2, 0.25) is 0 Å². The van der Waals surface area contributed by atoms with Crippen LogP contribution in [0.4, 0.5) is 5.69 Å². The summed E-state index contributed by atoms with van der Waals surface area (Å²) in [5, 5.41) is 9.37. The van der Waals surface area contributed by atoms with Gasteiger partial charge in [-0.1, -0.05) is 18.2 Å². The number of para-hydroxylation sites is 1. The van der Waals surface area contributed by atoms with Gasteiger partial charge in [0, 0.05) is 43.9 Å². The van der Waals surface area contributed by atoms with Gasteiger partial charge in [-0.2, -0.15) is 0 Å². The number of benzene rings is 1. The minimum atomic E-state index is -0.208. The molecular weight excluding hydrogens is 304 g/mol. The molecule has 4 rings (SSSR count). The molecule has 2 saturated heterocycles. The van der Waals surface area contributed by atoms with E-state index >= 15 is 0 Å². The summed E-state index contributed by atoms with van der Waals surface area (Å²) in [6.45, 7) is 4.14. The summed E-state index contributed by atoms with van der Waals surface area (Å²) >= 11 is 0. The first-order valence-electron chi connectivity index (χ1n) is 9.09. The average Bonchev–Trinajstić information content (AvgIpc) is 3.24. The number of aliphatic hydroxyl groups is 1. The maximum atomic E-state index is 12.6. The van der Waals surface area contributed by atoms with Gasteiger partial charge < -0.3 is 19.6 Å². The molecule has 0 aliphatic carbocycles. The van der Waals surface area contributed by atoms with Crippen molar-refractivity contribution >= 4 is 11.6 Å². The highest BCUT2D eigenvalue weighted by atomic mass is 16.5. The molecule has 3 aliphatic heterocycles. The Bertz CT molecular complexity index is 604. The number of hydrogen-bond donors (Lipinski definition) is 1. The zero-order chi connectivity index (χ0) is 16.6. The van der Waals surface area contributed by atoms with Gasteiger partial charge in [0.1, 0.15) is 6.10 Å². The lowest BCUT2D eigenvalue weighted by Gasteiger charge is -2.40. The van der Waals surface area contributed by atoms with Crippen LogP contribution < -0.4 is 4.90 Å². The van der Waals surface area contributed by atoms with Crippen LogP contribution in [-0.4, -0.2) is 61.4 Å². The lowest BCUT2D eigenvalue weighted by Crippen LogP contribution is -2.49. The van der Waals surface area contributed by atoms with E-state index < -0.39 is 0 Å². The first kappa shape index (κ1) is 15.9. The molecule has 5 nitrogen and oxygen atoms in total. The molecular formula is C19H26N2O3. The Balaban J connectivity index is 1.49. The van der Waals surface area contributed by atoms with Crippen molar-refractivity contribution in [1.82, 2.24) is 4.90 Å². The summed E-state index contributed by atoms with van der Waals surface area (Å²) < 4.78 is 5.56. The van der Waals surface area contributed by atoms with Gasteiger partial charge in [-0.15, -0.1) is 0 Å². The third-order valence-corrected chi connectivity index (χ3v) is 5.92. The van der Waals surface area contributed by atoms with E-state index in [9.17, 15) is 9.90 Å². The van der Waals surface area contributed by atoms with Crippen LogP contribution in [-0.2, 0) is 14.9 Å². The Hall–Kier alpha value is -1.59. The SMILES string of the molecule is O=C([C@@H]1CCCO1)N1CCC2(CC1)CN(CCO)c1ccccc12. The number of piperidine rings is 1. The number of fused-ring (bicyclic) bond motifs is 2. The number of carbonyl (C=O) groups is 1. The number of likely N-dealkylation sites (tertiary alicyclic amines) is 1. The maximum Gasteiger partial charge on any atom is 0.251 e. The van der Waals surface area contributed by atoms with Crippen LogP contribution in [0.1, 0.15) is 31.2 Å². The first-order chi connectivity index (χ1) is 11.7. The molecule has 1 amide bonds. The van der Waals surface area contributed by atoms with E-state index in [0.29, 0.717) is 6.54 Å². The van der Waals surface area contributed by atoms with Crippen molar-refractivity contribution < 1.29 is 14.6 Å². The summed E-state index contributed by atoms with van der Waals surface area (Å²) in [5.74, 6) is 0.181. The highest BCUT2D eigenvalue weighted by Crippen LogP contribution is 2.46. The number of ether oxygens (including phenoxy) is 1. The lowest BCUT2D eigenvalue weighted by atomic mass is 9.74. The van der Waals surface area contributed by atoms with Gasteiger partial charge in [0.25, 0.3) is 5.91 Å². The zero-order valence-electron chi connectivity index (χ0n) is 14.1. The number of anilines is 1. The highest BCUT2D eigenvalue weighted by Gasteiger charge is 2.45. The molecule has 1 aromatic rings. The van der Waals surface area contributed by atoms with E-state index in [1.807, 2.05) is 4.90 Å². The van der Waals surface area contributed by atoms with Gasteiger partial charge in [0.15, 0.2) is 0 Å². The van der Waals surface area contributed by atoms with E-state index in [-0.39, 0.29) is 24.0 Å². The van der Waals surface area contributed by atoms with E-state index in [1.54, 1.807) is 0 Å². The fourth-order valence-corrected chi connectivity index (χ4v) is 4.61. The molecule has 1 aromatic carbocycles. The second kappa shape index (κ2) is 6.37. The number of β-amino-alcohol motifs (C(OH)–C–C–N with tert-alkyl or cyclic N) is 1. The van der Waals surface area contributed by atoms with Gasteiger partial charge in [0.05, 0.1) is 6.61 Å². The van der Waals surface area contributed by atoms with Gasteiger partial charge in [-0.25, -0.2) is 0 Å².